The second-order valence-corrected chi connectivity index (χ2v) is 29.4. The molecule has 14 heterocycles. The Balaban J connectivity index is 0.000000145. The summed E-state index contributed by atoms with van der Waals surface area (Å²) in [6.07, 6.45) is 33.8. The molecule has 6 aliphatic heterocycles. The van der Waals surface area contributed by atoms with Crippen molar-refractivity contribution in [1.29, 1.82) is 0 Å². The Morgan fingerprint density at radius 2 is 0.791 bits per heavy atom. The first-order chi connectivity index (χ1) is 53.7. The number of carbonyl (C=O) groups is 6. The van der Waals surface area contributed by atoms with Gasteiger partial charge in [-0.3, -0.25) is 56.9 Å². The van der Waals surface area contributed by atoms with Gasteiger partial charge >= 0.3 is 0 Å². The largest absolute Gasteiger partial charge is 0.395 e. The van der Waals surface area contributed by atoms with Gasteiger partial charge in [0.25, 0.3) is 35.4 Å². The quantitative estimate of drug-likeness (QED) is 0.0746. The second kappa shape index (κ2) is 38.2. The number of aliphatic hydroxyl groups is 1. The zero-order valence-corrected chi connectivity index (χ0v) is 63.2. The lowest BCUT2D eigenvalue weighted by atomic mass is 10.1. The van der Waals surface area contributed by atoms with Crippen LogP contribution in [-0.4, -0.2) is 223 Å². The summed E-state index contributed by atoms with van der Waals surface area (Å²) in [7, 11) is 4.18. The molecule has 31 heteroatoms. The molecule has 0 atom stereocenters. The van der Waals surface area contributed by atoms with Crippen LogP contribution in [-0.2, 0) is 24.4 Å². The molecular formula is C79H103N23O8. The molecule has 7 N–H and O–H groups in total. The molecule has 3 saturated heterocycles. The van der Waals surface area contributed by atoms with Crippen LogP contribution in [0.25, 0.3) is 33.6 Å². The monoisotopic (exact) mass is 1500 g/mol. The third-order valence-corrected chi connectivity index (χ3v) is 21.0. The van der Waals surface area contributed by atoms with Gasteiger partial charge in [-0.15, -0.1) is 0 Å². The first-order valence-electron chi connectivity index (χ1n) is 39.2. The van der Waals surface area contributed by atoms with Gasteiger partial charge in [-0.1, -0.05) is 62.8 Å². The predicted octanol–water partition coefficient (Wildman–Crippen LogP) is 8.88. The normalized spacial score (nSPS) is 18.3. The van der Waals surface area contributed by atoms with Crippen molar-refractivity contribution in [2.75, 3.05) is 115 Å². The fourth-order valence-electron chi connectivity index (χ4n) is 14.6. The number of anilines is 3. The summed E-state index contributed by atoms with van der Waals surface area (Å²) < 4.78 is 16.7. The number of piperidine rings is 2. The summed E-state index contributed by atoms with van der Waals surface area (Å²) in [5.41, 5.74) is 7.94. The third-order valence-electron chi connectivity index (χ3n) is 21.0. The summed E-state index contributed by atoms with van der Waals surface area (Å²) >= 11 is 0. The van der Waals surface area contributed by atoms with Crippen LogP contribution in [0.3, 0.4) is 0 Å². The number of ether oxygens (including phenoxy) is 1. The molecule has 0 radical (unpaired) electrons. The molecular weight excluding hydrogens is 1400 g/mol. The number of amides is 6. The first-order valence-corrected chi connectivity index (χ1v) is 39.2. The number of aryl methyl sites for hydroxylation is 3. The number of pyridine rings is 2. The van der Waals surface area contributed by atoms with Crippen molar-refractivity contribution >= 4 is 52.5 Å². The lowest BCUT2D eigenvalue weighted by Crippen LogP contribution is -2.38. The van der Waals surface area contributed by atoms with Crippen molar-refractivity contribution in [2.24, 2.45) is 0 Å². The molecule has 1 aromatic carbocycles. The minimum absolute atomic E-state index is 0.117. The van der Waals surface area contributed by atoms with Gasteiger partial charge in [-0.2, -0.15) is 30.6 Å². The number of β-amino-alcohol motifs (C(OH)–C–C–N with tert-alkyl or cyclic N) is 1. The molecule has 0 aliphatic carbocycles. The van der Waals surface area contributed by atoms with Gasteiger partial charge < -0.3 is 56.4 Å². The minimum Gasteiger partial charge on any atom is -0.395 e. The third kappa shape index (κ3) is 20.8. The van der Waals surface area contributed by atoms with E-state index in [1.54, 1.807) is 59.9 Å². The van der Waals surface area contributed by atoms with Crippen LogP contribution in [0.4, 0.5) is 17.1 Å². The number of benzene rings is 1. The number of hydrogen-bond donors (Lipinski definition) is 7. The molecule has 0 spiro atoms. The lowest BCUT2D eigenvalue weighted by Gasteiger charge is -2.32. The molecule has 8 aromatic heterocycles. The van der Waals surface area contributed by atoms with Crippen molar-refractivity contribution in [3.05, 3.63) is 150 Å². The van der Waals surface area contributed by atoms with E-state index in [2.05, 4.69) is 96.2 Å². The topological polar surface area (TPSA) is 346 Å². The Hall–Kier alpha value is -10.6. The molecule has 15 rings (SSSR count). The van der Waals surface area contributed by atoms with E-state index in [4.69, 9.17) is 9.84 Å². The molecule has 6 amide bonds. The summed E-state index contributed by atoms with van der Waals surface area (Å²) in [5, 5.41) is 54.2. The highest BCUT2D eigenvalue weighted by molar-refractivity contribution is 6.10. The molecule has 12 bridgehead atoms. The number of nitrogens with zero attached hydrogens (tertiary/aromatic N) is 17. The van der Waals surface area contributed by atoms with E-state index >= 15 is 0 Å². The van der Waals surface area contributed by atoms with Gasteiger partial charge in [0, 0.05) is 158 Å². The minimum atomic E-state index is -0.401. The van der Waals surface area contributed by atoms with Crippen molar-refractivity contribution < 1.29 is 38.6 Å². The van der Waals surface area contributed by atoms with Gasteiger partial charge in [0.05, 0.1) is 71.8 Å². The maximum Gasteiger partial charge on any atom is 0.274 e. The summed E-state index contributed by atoms with van der Waals surface area (Å²) in [4.78, 5) is 94.9. The molecule has 582 valence electrons. The maximum atomic E-state index is 13.3. The highest BCUT2D eigenvalue weighted by atomic mass is 16.5. The van der Waals surface area contributed by atoms with Crippen LogP contribution in [0, 0.1) is 0 Å². The number of carbonyl (C=O) groups excluding carboxylic acids is 6. The number of hydrogen-bond acceptors (Lipinski definition) is 19. The second-order valence-electron chi connectivity index (χ2n) is 29.4. The highest BCUT2D eigenvalue weighted by Gasteiger charge is 2.30. The van der Waals surface area contributed by atoms with E-state index in [0.29, 0.717) is 73.4 Å². The zero-order valence-electron chi connectivity index (χ0n) is 63.2. The van der Waals surface area contributed by atoms with Crippen LogP contribution in [0.2, 0.25) is 0 Å². The number of fused-ring (bicyclic) bond motifs is 18. The van der Waals surface area contributed by atoms with Crippen LogP contribution >= 0.6 is 0 Å². The Morgan fingerprint density at radius 1 is 0.409 bits per heavy atom. The van der Waals surface area contributed by atoms with Crippen LogP contribution in [0.5, 0.6) is 0 Å². The van der Waals surface area contributed by atoms with Crippen molar-refractivity contribution in [3.63, 3.8) is 0 Å². The number of likely N-dealkylation sites (N-methyl/N-ethyl adjacent to an activating group) is 1. The van der Waals surface area contributed by atoms with E-state index in [9.17, 15) is 33.9 Å². The van der Waals surface area contributed by atoms with Gasteiger partial charge in [0.15, 0.2) is 17.1 Å². The standard InChI is InChI=1S/C28H39N9O2.C26H34N8O3.C25H30N6O3/c1-34(2)16-17-35-14-10-22(11-15-35)37-20-25-26(33-37)28(39)29-12-5-3-4-6-13-36-19-21(18-30-36)23-8-7-9-24(31-23)27(38)32-25;35-15-14-32-12-8-20(9-13-32)34-18-23-24(31-34)26(37)27-10-3-1-2-4-11-33-17-19(16-28-33)21-6-5-7-22(29-21)25(36)30-23;32-24-19-7-5-6-18(14-19)20-15-27-30(16-20)11-4-2-1-3-10-26-25(33)23-22(28-24)17-31(29-23)21-8-12-34-13-9-21/h7-9,18-20,22H,3-6,10-17H2,1-2H3,(H,29,39)(H,32,38);5-7,16-18,20,35H,1-4,8-15H2,(H,27,37)(H,30,36);5-7,14-17,21H,1-4,8-13H2,(H,26,33)(H,28,32). The number of aromatic nitrogens is 14. The molecule has 0 saturated carbocycles. The van der Waals surface area contributed by atoms with E-state index in [1.165, 1.54) is 0 Å². The SMILES string of the molecule is CN(C)CCN1CCC(n2cc3c(n2)C(=O)NCCCCCCn2cc(cn2)-c2cccc(n2)C(=O)N3)CC1.O=C1Nc2cn(C3CCN(CCO)CC3)nc2C(=O)NCCCCCCn2cc(cn2)-c2cccc1n2.O=C1Nc2cn(C3CCOCC3)nc2C(=O)NCCCCCCn2cc(cn2)-c2cccc1c2. The lowest BCUT2D eigenvalue weighted by molar-refractivity contribution is 0.0660. The van der Waals surface area contributed by atoms with Crippen LogP contribution < -0.4 is 31.9 Å². The predicted molar refractivity (Wildman–Crippen MR) is 416 cm³/mol. The molecule has 6 aliphatic rings. The van der Waals surface area contributed by atoms with E-state index in [1.807, 2.05) is 84.6 Å². The Kier molecular flexibility index (Phi) is 26.9. The average molecular weight is 1500 g/mol. The summed E-state index contributed by atoms with van der Waals surface area (Å²) in [6.45, 7) is 12.0. The van der Waals surface area contributed by atoms with Gasteiger partial charge in [-0.25, -0.2) is 9.97 Å². The Labute approximate surface area is 640 Å². The van der Waals surface area contributed by atoms with Crippen LogP contribution in [0.1, 0.15) is 197 Å². The highest BCUT2D eigenvalue weighted by Crippen LogP contribution is 2.31. The smallest absolute Gasteiger partial charge is 0.274 e. The van der Waals surface area contributed by atoms with E-state index in [-0.39, 0.29) is 82.7 Å². The van der Waals surface area contributed by atoms with Crippen molar-refractivity contribution in [2.45, 2.75) is 153 Å². The summed E-state index contributed by atoms with van der Waals surface area (Å²) in [5.74, 6) is -1.89. The van der Waals surface area contributed by atoms with E-state index < -0.39 is 5.91 Å². The van der Waals surface area contributed by atoms with Crippen molar-refractivity contribution in [3.8, 4) is 33.6 Å². The number of likely N-dealkylation sites (tertiary alicyclic amines) is 2. The van der Waals surface area contributed by atoms with Gasteiger partial charge in [0.1, 0.15) is 11.4 Å². The molecule has 31 nitrogen and oxygen atoms in total. The Morgan fingerprint density at radius 3 is 1.24 bits per heavy atom. The molecule has 0 unspecified atom stereocenters. The number of rotatable bonds is 8. The van der Waals surface area contributed by atoms with Crippen molar-refractivity contribution in [1.82, 2.24) is 99.3 Å². The van der Waals surface area contributed by atoms with E-state index in [0.717, 1.165) is 197 Å². The fraction of sp³-hybridized carbons (Fsp3) is 0.494. The summed E-state index contributed by atoms with van der Waals surface area (Å²) in [6, 6.07) is 18.6. The zero-order chi connectivity index (χ0) is 76.1. The molecule has 110 heavy (non-hydrogen) atoms. The molecule has 9 aromatic rings. The van der Waals surface area contributed by atoms with Gasteiger partial charge in [0.2, 0.25) is 0 Å². The Bertz CT molecular complexity index is 4560. The average Bonchev–Trinajstić information content (AvgIpc) is 1.64. The fourth-order valence-corrected chi connectivity index (χ4v) is 14.6. The first kappa shape index (κ1) is 77.6. The van der Waals surface area contributed by atoms with Gasteiger partial charge in [-0.05, 0) is 133 Å². The maximum absolute atomic E-state index is 13.3. The number of nitrogens with one attached hydrogen (secondary N) is 6. The number of aliphatic hydroxyl groups excluding tert-OH is 1. The van der Waals surface area contributed by atoms with Crippen LogP contribution in [0.15, 0.2) is 116 Å². The molecule has 3 fully saturated rings.